The van der Waals surface area contributed by atoms with Gasteiger partial charge in [0.05, 0.1) is 12.2 Å². The van der Waals surface area contributed by atoms with Crippen LogP contribution in [0.3, 0.4) is 0 Å². The molecule has 2 nitrogen and oxygen atoms in total. The molecule has 0 bridgehead atoms. The van der Waals surface area contributed by atoms with Crippen molar-refractivity contribution in [3.05, 3.63) is 0 Å². The van der Waals surface area contributed by atoms with Gasteiger partial charge >= 0.3 is 0 Å². The Bertz CT molecular complexity index is 434. The SMILES string of the molecule is CCCCC1CCC(C[C@H](O)CCCC(CC(O)C2CCC(C)CC2)C(C)CC)CC1. The Hall–Kier alpha value is -0.0800. The summed E-state index contributed by atoms with van der Waals surface area (Å²) >= 11 is 0. The average molecular weight is 437 g/mol. The van der Waals surface area contributed by atoms with Crippen molar-refractivity contribution in [1.82, 2.24) is 0 Å². The van der Waals surface area contributed by atoms with E-state index in [1.165, 1.54) is 83.5 Å². The van der Waals surface area contributed by atoms with Gasteiger partial charge in [-0.05, 0) is 67.6 Å². The summed E-state index contributed by atoms with van der Waals surface area (Å²) in [5.74, 6) is 4.38. The second kappa shape index (κ2) is 14.9. The van der Waals surface area contributed by atoms with E-state index in [0.29, 0.717) is 17.8 Å². The summed E-state index contributed by atoms with van der Waals surface area (Å²) in [6.45, 7) is 9.31. The molecule has 2 heteroatoms. The normalized spacial score (nSPS) is 31.2. The molecule has 2 aliphatic rings. The van der Waals surface area contributed by atoms with Gasteiger partial charge in [-0.25, -0.2) is 0 Å². The highest BCUT2D eigenvalue weighted by Crippen LogP contribution is 2.36. The van der Waals surface area contributed by atoms with Crippen LogP contribution in [0.2, 0.25) is 0 Å². The van der Waals surface area contributed by atoms with Gasteiger partial charge in [0.15, 0.2) is 0 Å². The second-order valence-corrected chi connectivity index (χ2v) is 11.8. The first-order valence-corrected chi connectivity index (χ1v) is 14.3. The van der Waals surface area contributed by atoms with Gasteiger partial charge in [-0.1, -0.05) is 105 Å². The molecule has 31 heavy (non-hydrogen) atoms. The van der Waals surface area contributed by atoms with Crippen LogP contribution < -0.4 is 0 Å². The van der Waals surface area contributed by atoms with Crippen molar-refractivity contribution < 1.29 is 10.2 Å². The minimum atomic E-state index is -0.112. The fraction of sp³-hybridized carbons (Fsp3) is 1.00. The van der Waals surface area contributed by atoms with Crippen LogP contribution in [-0.4, -0.2) is 22.4 Å². The lowest BCUT2D eigenvalue weighted by Gasteiger charge is -2.33. The maximum absolute atomic E-state index is 10.9. The second-order valence-electron chi connectivity index (χ2n) is 11.8. The largest absolute Gasteiger partial charge is 0.393 e. The zero-order valence-corrected chi connectivity index (χ0v) is 21.5. The van der Waals surface area contributed by atoms with Crippen LogP contribution in [0.15, 0.2) is 0 Å². The van der Waals surface area contributed by atoms with E-state index in [-0.39, 0.29) is 12.2 Å². The van der Waals surface area contributed by atoms with Gasteiger partial charge in [0, 0.05) is 0 Å². The molecule has 2 saturated carbocycles. The summed E-state index contributed by atoms with van der Waals surface area (Å²) in [6, 6.07) is 0. The predicted octanol–water partition coefficient (Wildman–Crippen LogP) is 8.14. The Morgan fingerprint density at radius 1 is 0.806 bits per heavy atom. The lowest BCUT2D eigenvalue weighted by molar-refractivity contribution is 0.0431. The molecule has 0 amide bonds. The van der Waals surface area contributed by atoms with Crippen LogP contribution in [0.5, 0.6) is 0 Å². The van der Waals surface area contributed by atoms with E-state index in [4.69, 9.17) is 0 Å². The molecule has 0 aromatic carbocycles. The molecule has 184 valence electrons. The molecule has 0 spiro atoms. The van der Waals surface area contributed by atoms with Crippen LogP contribution in [0.4, 0.5) is 0 Å². The molecule has 4 atom stereocenters. The van der Waals surface area contributed by atoms with Gasteiger partial charge in [0.2, 0.25) is 0 Å². The predicted molar refractivity (Wildman–Crippen MR) is 134 cm³/mol. The number of unbranched alkanes of at least 4 members (excludes halogenated alkanes) is 1. The number of hydrogen-bond donors (Lipinski definition) is 2. The summed E-state index contributed by atoms with van der Waals surface area (Å²) in [5.41, 5.74) is 0. The Morgan fingerprint density at radius 2 is 1.45 bits per heavy atom. The number of aliphatic hydroxyl groups excluding tert-OH is 2. The highest BCUT2D eigenvalue weighted by molar-refractivity contribution is 4.80. The maximum Gasteiger partial charge on any atom is 0.0571 e. The van der Waals surface area contributed by atoms with Crippen LogP contribution in [0, 0.1) is 35.5 Å². The van der Waals surface area contributed by atoms with Crippen molar-refractivity contribution in [3.8, 4) is 0 Å². The van der Waals surface area contributed by atoms with E-state index in [1.54, 1.807) is 0 Å². The topological polar surface area (TPSA) is 40.5 Å². The van der Waals surface area contributed by atoms with Crippen molar-refractivity contribution in [1.29, 1.82) is 0 Å². The Labute approximate surface area is 195 Å². The third-order valence-electron chi connectivity index (χ3n) is 9.25. The van der Waals surface area contributed by atoms with E-state index in [9.17, 15) is 10.2 Å². The van der Waals surface area contributed by atoms with Gasteiger partial charge in [-0.15, -0.1) is 0 Å². The molecule has 3 unspecified atom stereocenters. The first-order chi connectivity index (χ1) is 14.9. The molecule has 0 saturated heterocycles. The van der Waals surface area contributed by atoms with Crippen molar-refractivity contribution >= 4 is 0 Å². The summed E-state index contributed by atoms with van der Waals surface area (Å²) < 4.78 is 0. The van der Waals surface area contributed by atoms with Crippen molar-refractivity contribution in [2.75, 3.05) is 0 Å². The van der Waals surface area contributed by atoms with Crippen molar-refractivity contribution in [2.45, 2.75) is 149 Å². The maximum atomic E-state index is 10.9. The van der Waals surface area contributed by atoms with Gasteiger partial charge in [0.25, 0.3) is 0 Å². The van der Waals surface area contributed by atoms with E-state index in [0.717, 1.165) is 43.4 Å². The van der Waals surface area contributed by atoms with Crippen LogP contribution in [-0.2, 0) is 0 Å². The minimum Gasteiger partial charge on any atom is -0.393 e. The quantitative estimate of drug-likeness (QED) is 0.288. The molecule has 2 N–H and O–H groups in total. The van der Waals surface area contributed by atoms with Crippen LogP contribution in [0.1, 0.15) is 137 Å². The fourth-order valence-electron chi connectivity index (χ4n) is 6.51. The Kier molecular flexibility index (Phi) is 13.1. The monoisotopic (exact) mass is 436 g/mol. The molecule has 0 aliphatic heterocycles. The minimum absolute atomic E-state index is 0.112. The smallest absolute Gasteiger partial charge is 0.0571 e. The third kappa shape index (κ3) is 10.2. The van der Waals surface area contributed by atoms with E-state index in [2.05, 4.69) is 27.7 Å². The summed E-state index contributed by atoms with van der Waals surface area (Å²) in [5, 5.41) is 21.6. The third-order valence-corrected chi connectivity index (χ3v) is 9.25. The van der Waals surface area contributed by atoms with Crippen molar-refractivity contribution in [3.63, 3.8) is 0 Å². The molecule has 2 fully saturated rings. The molecule has 2 aliphatic carbocycles. The highest BCUT2D eigenvalue weighted by atomic mass is 16.3. The molecule has 0 radical (unpaired) electrons. The molecule has 0 heterocycles. The van der Waals surface area contributed by atoms with Gasteiger partial charge in [0.1, 0.15) is 0 Å². The van der Waals surface area contributed by atoms with Crippen LogP contribution >= 0.6 is 0 Å². The standard InChI is InChI=1S/C29H56O2/c1-5-7-9-24-14-16-25(17-15-24)20-28(30)11-8-10-27(23(4)6-2)21-29(31)26-18-12-22(3)13-19-26/h22-31H,5-21H2,1-4H3/t22?,23?,24?,25?,26?,27?,28-,29?/m1/s1. The first-order valence-electron chi connectivity index (χ1n) is 14.3. The number of aliphatic hydroxyl groups is 2. The lowest BCUT2D eigenvalue weighted by Crippen LogP contribution is -2.29. The first kappa shape index (κ1) is 27.2. The fourth-order valence-corrected chi connectivity index (χ4v) is 6.51. The summed E-state index contributed by atoms with van der Waals surface area (Å²) in [4.78, 5) is 0. The van der Waals surface area contributed by atoms with E-state index < -0.39 is 0 Å². The van der Waals surface area contributed by atoms with Gasteiger partial charge < -0.3 is 10.2 Å². The van der Waals surface area contributed by atoms with E-state index in [1.807, 2.05) is 0 Å². The highest BCUT2D eigenvalue weighted by Gasteiger charge is 2.28. The van der Waals surface area contributed by atoms with Gasteiger partial charge in [-0.3, -0.25) is 0 Å². The molecule has 2 rings (SSSR count). The zero-order valence-electron chi connectivity index (χ0n) is 21.5. The number of hydrogen-bond acceptors (Lipinski definition) is 2. The molecule has 0 aromatic heterocycles. The molecular formula is C29H56O2. The molecular weight excluding hydrogens is 380 g/mol. The van der Waals surface area contributed by atoms with Crippen LogP contribution in [0.25, 0.3) is 0 Å². The zero-order chi connectivity index (χ0) is 22.6. The van der Waals surface area contributed by atoms with E-state index >= 15 is 0 Å². The van der Waals surface area contributed by atoms with Gasteiger partial charge in [-0.2, -0.15) is 0 Å². The average Bonchev–Trinajstić information content (AvgIpc) is 2.77. The number of rotatable bonds is 14. The summed E-state index contributed by atoms with van der Waals surface area (Å²) in [6.07, 6.45) is 20.9. The Morgan fingerprint density at radius 3 is 2.06 bits per heavy atom. The Balaban J connectivity index is 1.67. The van der Waals surface area contributed by atoms with Crippen molar-refractivity contribution in [2.24, 2.45) is 35.5 Å². The lowest BCUT2D eigenvalue weighted by atomic mass is 9.75. The molecule has 0 aromatic rings. The summed E-state index contributed by atoms with van der Waals surface area (Å²) in [7, 11) is 0.